The van der Waals surface area contributed by atoms with Gasteiger partial charge in [-0.05, 0) is 36.8 Å². The fourth-order valence-corrected chi connectivity index (χ4v) is 1.96. The predicted molar refractivity (Wildman–Crippen MR) is 83.0 cm³/mol. The number of hydrogen-bond acceptors (Lipinski definition) is 5. The Bertz CT molecular complexity index is 729. The number of hydrogen-bond donors (Lipinski definition) is 3. The number of furan rings is 1. The first-order chi connectivity index (χ1) is 12.2. The molecule has 26 heavy (non-hydrogen) atoms. The third-order valence-corrected chi connectivity index (χ3v) is 3.18. The molecule has 2 aromatic rings. The van der Waals surface area contributed by atoms with Crippen LogP contribution in [-0.2, 0) is 9.59 Å². The maximum absolute atomic E-state index is 12.1. The summed E-state index contributed by atoms with van der Waals surface area (Å²) in [5, 5.41) is 14.4. The van der Waals surface area contributed by atoms with Crippen LogP contribution in [0.5, 0.6) is 5.75 Å². The van der Waals surface area contributed by atoms with Crippen LogP contribution in [0.2, 0.25) is 0 Å². The van der Waals surface area contributed by atoms with Crippen LogP contribution in [-0.4, -0.2) is 29.8 Å². The summed E-state index contributed by atoms with van der Waals surface area (Å²) in [4.78, 5) is 23.4. The fraction of sp³-hybridized carbons (Fsp3) is 0.250. The summed E-state index contributed by atoms with van der Waals surface area (Å²) in [5.41, 5.74) is 0.669. The average molecular weight is 372 g/mol. The van der Waals surface area contributed by atoms with Crippen LogP contribution < -0.4 is 15.4 Å². The van der Waals surface area contributed by atoms with Crippen molar-refractivity contribution in [1.29, 1.82) is 0 Å². The second-order valence-corrected chi connectivity index (χ2v) is 5.14. The van der Waals surface area contributed by atoms with Gasteiger partial charge in [-0.3, -0.25) is 9.59 Å². The van der Waals surface area contributed by atoms with E-state index in [2.05, 4.69) is 15.4 Å². The van der Waals surface area contributed by atoms with Crippen molar-refractivity contribution in [2.24, 2.45) is 0 Å². The van der Waals surface area contributed by atoms with Gasteiger partial charge in [0.2, 0.25) is 0 Å². The molecule has 7 nitrogen and oxygen atoms in total. The van der Waals surface area contributed by atoms with Crippen LogP contribution in [0.1, 0.15) is 18.1 Å². The minimum Gasteiger partial charge on any atom is -0.472 e. The summed E-state index contributed by atoms with van der Waals surface area (Å²) in [6.45, 7) is 0.0387. The van der Waals surface area contributed by atoms with E-state index in [1.807, 2.05) is 0 Å². The van der Waals surface area contributed by atoms with Crippen LogP contribution in [0.3, 0.4) is 0 Å². The van der Waals surface area contributed by atoms with Crippen molar-refractivity contribution in [3.05, 3.63) is 48.4 Å². The number of amides is 2. The van der Waals surface area contributed by atoms with Crippen LogP contribution in [0, 0.1) is 0 Å². The molecule has 0 saturated carbocycles. The first-order valence-corrected chi connectivity index (χ1v) is 7.40. The summed E-state index contributed by atoms with van der Waals surface area (Å²) in [6, 6.07) is 5.90. The molecule has 0 spiro atoms. The number of benzene rings is 1. The highest BCUT2D eigenvalue weighted by molar-refractivity contribution is 6.39. The second kappa shape index (κ2) is 8.39. The molecule has 0 bridgehead atoms. The zero-order chi connectivity index (χ0) is 19.2. The van der Waals surface area contributed by atoms with Gasteiger partial charge in [0.15, 0.2) is 0 Å². The van der Waals surface area contributed by atoms with Crippen molar-refractivity contribution >= 4 is 17.5 Å². The number of halogens is 3. The van der Waals surface area contributed by atoms with E-state index in [9.17, 15) is 27.9 Å². The zero-order valence-corrected chi connectivity index (χ0v) is 13.2. The molecule has 0 radical (unpaired) electrons. The third kappa shape index (κ3) is 6.13. The number of carbonyl (C=O) groups excluding carboxylic acids is 2. The van der Waals surface area contributed by atoms with E-state index in [0.717, 1.165) is 24.3 Å². The lowest BCUT2D eigenvalue weighted by Crippen LogP contribution is -2.36. The van der Waals surface area contributed by atoms with Gasteiger partial charge in [-0.2, -0.15) is 0 Å². The maximum Gasteiger partial charge on any atom is 0.573 e. The van der Waals surface area contributed by atoms with E-state index in [1.165, 1.54) is 12.5 Å². The van der Waals surface area contributed by atoms with Crippen molar-refractivity contribution in [3.63, 3.8) is 0 Å². The summed E-state index contributed by atoms with van der Waals surface area (Å²) in [5.74, 6) is -2.39. The molecule has 2 rings (SSSR count). The molecule has 0 saturated heterocycles. The number of aliphatic hydroxyl groups excluding tert-OH is 1. The van der Waals surface area contributed by atoms with E-state index < -0.39 is 30.0 Å². The number of alkyl halides is 3. The quantitative estimate of drug-likeness (QED) is 0.676. The molecule has 0 aliphatic heterocycles. The van der Waals surface area contributed by atoms with Crippen molar-refractivity contribution in [2.75, 3.05) is 11.9 Å². The third-order valence-electron chi connectivity index (χ3n) is 3.18. The minimum atomic E-state index is -4.81. The molecular formula is C16H15F3N2O5. The second-order valence-electron chi connectivity index (χ2n) is 5.14. The van der Waals surface area contributed by atoms with Crippen LogP contribution in [0.15, 0.2) is 47.3 Å². The lowest BCUT2D eigenvalue weighted by molar-refractivity contribution is -0.274. The Morgan fingerprint density at radius 1 is 1.15 bits per heavy atom. The molecule has 3 N–H and O–H groups in total. The van der Waals surface area contributed by atoms with E-state index in [0.29, 0.717) is 5.56 Å². The molecule has 1 aromatic heterocycles. The van der Waals surface area contributed by atoms with Crippen LogP contribution in [0.4, 0.5) is 18.9 Å². The lowest BCUT2D eigenvalue weighted by atomic mass is 10.1. The zero-order valence-electron chi connectivity index (χ0n) is 13.2. The Kier molecular flexibility index (Phi) is 6.23. The highest BCUT2D eigenvalue weighted by atomic mass is 19.4. The highest BCUT2D eigenvalue weighted by Crippen LogP contribution is 2.23. The molecule has 140 valence electrons. The molecule has 1 atom stereocenters. The molecule has 0 aliphatic carbocycles. The monoisotopic (exact) mass is 372 g/mol. The van der Waals surface area contributed by atoms with Crippen molar-refractivity contribution in [1.82, 2.24) is 5.32 Å². The van der Waals surface area contributed by atoms with Crippen molar-refractivity contribution in [2.45, 2.75) is 18.9 Å². The van der Waals surface area contributed by atoms with Gasteiger partial charge in [-0.25, -0.2) is 0 Å². The smallest absolute Gasteiger partial charge is 0.472 e. The van der Waals surface area contributed by atoms with Gasteiger partial charge in [0.05, 0.1) is 18.6 Å². The number of nitrogens with one attached hydrogen (secondary N) is 2. The Morgan fingerprint density at radius 2 is 1.85 bits per heavy atom. The Morgan fingerprint density at radius 3 is 2.42 bits per heavy atom. The van der Waals surface area contributed by atoms with Crippen molar-refractivity contribution in [3.8, 4) is 5.75 Å². The first-order valence-electron chi connectivity index (χ1n) is 7.40. The van der Waals surface area contributed by atoms with Crippen LogP contribution in [0.25, 0.3) is 0 Å². The van der Waals surface area contributed by atoms with E-state index in [1.54, 1.807) is 6.07 Å². The topological polar surface area (TPSA) is 101 Å². The fourth-order valence-electron chi connectivity index (χ4n) is 1.96. The van der Waals surface area contributed by atoms with Crippen molar-refractivity contribution < 1.29 is 37.0 Å². The molecule has 1 heterocycles. The SMILES string of the molecule is O=C(NCC[C@@H](O)c1ccoc1)C(=O)Nc1ccc(OC(F)(F)F)cc1. The van der Waals surface area contributed by atoms with Gasteiger partial charge in [-0.1, -0.05) is 0 Å². The number of carbonyl (C=O) groups is 2. The Hall–Kier alpha value is -3.01. The maximum atomic E-state index is 12.1. The molecule has 0 unspecified atom stereocenters. The summed E-state index contributed by atoms with van der Waals surface area (Å²) < 4.78 is 44.7. The van der Waals surface area contributed by atoms with Gasteiger partial charge in [-0.15, -0.1) is 13.2 Å². The normalized spacial score (nSPS) is 12.3. The summed E-state index contributed by atoms with van der Waals surface area (Å²) in [7, 11) is 0. The number of ether oxygens (including phenoxy) is 1. The van der Waals surface area contributed by atoms with Gasteiger partial charge in [0.25, 0.3) is 0 Å². The van der Waals surface area contributed by atoms with Gasteiger partial charge in [0.1, 0.15) is 5.75 Å². The number of aliphatic hydroxyl groups is 1. The van der Waals surface area contributed by atoms with Gasteiger partial charge >= 0.3 is 18.2 Å². The lowest BCUT2D eigenvalue weighted by Gasteiger charge is -2.11. The molecule has 0 fully saturated rings. The van der Waals surface area contributed by atoms with E-state index in [-0.39, 0.29) is 18.7 Å². The number of anilines is 1. The Balaban J connectivity index is 1.77. The molecular weight excluding hydrogens is 357 g/mol. The molecule has 1 aromatic carbocycles. The van der Waals surface area contributed by atoms with Gasteiger partial charge in [0, 0.05) is 17.8 Å². The van der Waals surface area contributed by atoms with E-state index >= 15 is 0 Å². The molecule has 10 heteroatoms. The minimum absolute atomic E-state index is 0.0387. The van der Waals surface area contributed by atoms with Gasteiger partial charge < -0.3 is 24.9 Å². The van der Waals surface area contributed by atoms with E-state index in [4.69, 9.17) is 4.42 Å². The predicted octanol–water partition coefficient (Wildman–Crippen LogP) is 2.36. The number of rotatable bonds is 6. The molecule has 2 amide bonds. The standard InChI is InChI=1S/C16H15F3N2O5/c17-16(18,19)26-12-3-1-11(2-4-12)21-15(24)14(23)20-7-5-13(22)10-6-8-25-9-10/h1-4,6,8-9,13,22H,5,7H2,(H,20,23)(H,21,24)/t13-/m1/s1. The highest BCUT2D eigenvalue weighted by Gasteiger charge is 2.31. The average Bonchev–Trinajstić information content (AvgIpc) is 3.09. The Labute approximate surface area is 145 Å². The first kappa shape index (κ1) is 19.3. The molecule has 0 aliphatic rings. The van der Waals surface area contributed by atoms with Crippen LogP contribution >= 0.6 is 0 Å². The summed E-state index contributed by atoms with van der Waals surface area (Å²) in [6.07, 6.45) is -2.73. The largest absolute Gasteiger partial charge is 0.573 e. The summed E-state index contributed by atoms with van der Waals surface area (Å²) >= 11 is 0.